The van der Waals surface area contributed by atoms with Crippen molar-refractivity contribution < 1.29 is 0 Å². The molecule has 1 unspecified atom stereocenters. The molecule has 2 heteroatoms. The van der Waals surface area contributed by atoms with Crippen LogP contribution in [0.4, 0.5) is 0 Å². The molecule has 110 valence electrons. The maximum Gasteiger partial charge on any atom is 0.0977 e. The second-order valence-electron chi connectivity index (χ2n) is 8.08. The van der Waals surface area contributed by atoms with Gasteiger partial charge in [-0.05, 0) is 81.1 Å². The van der Waals surface area contributed by atoms with E-state index in [0.717, 1.165) is 36.0 Å². The SMILES string of the molecule is N#CC1CCCCCN1CC1C2CC3CC(C2)CC1C3. The molecule has 2 nitrogen and oxygen atoms in total. The summed E-state index contributed by atoms with van der Waals surface area (Å²) in [6.45, 7) is 2.42. The van der Waals surface area contributed by atoms with Crippen LogP contribution in [0.1, 0.15) is 57.8 Å². The molecule has 4 aliphatic carbocycles. The normalized spacial score (nSPS) is 48.0. The molecule has 0 amide bonds. The van der Waals surface area contributed by atoms with E-state index in [0.29, 0.717) is 0 Å². The number of nitriles is 1. The number of rotatable bonds is 2. The van der Waals surface area contributed by atoms with Crippen LogP contribution >= 0.6 is 0 Å². The molecular weight excluding hydrogens is 244 g/mol. The van der Waals surface area contributed by atoms with Gasteiger partial charge in [-0.1, -0.05) is 12.8 Å². The van der Waals surface area contributed by atoms with Crippen molar-refractivity contribution in [2.45, 2.75) is 63.8 Å². The Morgan fingerprint density at radius 2 is 1.60 bits per heavy atom. The number of hydrogen-bond acceptors (Lipinski definition) is 2. The number of nitrogens with zero attached hydrogens (tertiary/aromatic N) is 2. The average molecular weight is 272 g/mol. The van der Waals surface area contributed by atoms with Crippen molar-refractivity contribution in [1.29, 1.82) is 5.26 Å². The van der Waals surface area contributed by atoms with E-state index in [9.17, 15) is 5.26 Å². The third-order valence-electron chi connectivity index (χ3n) is 6.88. The molecule has 4 saturated carbocycles. The van der Waals surface area contributed by atoms with E-state index in [1.807, 2.05) is 0 Å². The molecule has 5 fully saturated rings. The van der Waals surface area contributed by atoms with Crippen LogP contribution in [0.5, 0.6) is 0 Å². The van der Waals surface area contributed by atoms with Crippen molar-refractivity contribution in [3.05, 3.63) is 0 Å². The molecule has 1 atom stereocenters. The Balaban J connectivity index is 1.46. The molecular formula is C18H28N2. The lowest BCUT2D eigenvalue weighted by molar-refractivity contribution is -0.0510. The topological polar surface area (TPSA) is 27.0 Å². The summed E-state index contributed by atoms with van der Waals surface area (Å²) in [5, 5.41) is 9.48. The highest BCUT2D eigenvalue weighted by molar-refractivity contribution is 5.01. The van der Waals surface area contributed by atoms with Crippen LogP contribution in [-0.2, 0) is 0 Å². The minimum Gasteiger partial charge on any atom is -0.288 e. The van der Waals surface area contributed by atoms with Crippen LogP contribution in [0.2, 0.25) is 0 Å². The van der Waals surface area contributed by atoms with E-state index in [1.165, 1.54) is 58.0 Å². The largest absolute Gasteiger partial charge is 0.288 e. The van der Waals surface area contributed by atoms with Gasteiger partial charge in [-0.3, -0.25) is 4.90 Å². The quantitative estimate of drug-likeness (QED) is 0.764. The first-order valence-corrected chi connectivity index (χ1v) is 8.97. The molecule has 0 N–H and O–H groups in total. The van der Waals surface area contributed by atoms with Crippen LogP contribution in [-0.4, -0.2) is 24.0 Å². The van der Waals surface area contributed by atoms with Gasteiger partial charge in [0.1, 0.15) is 0 Å². The molecule has 1 aliphatic heterocycles. The van der Waals surface area contributed by atoms with Gasteiger partial charge in [-0.25, -0.2) is 0 Å². The molecule has 0 aromatic heterocycles. The first-order chi connectivity index (χ1) is 9.83. The van der Waals surface area contributed by atoms with Crippen molar-refractivity contribution in [2.24, 2.45) is 29.6 Å². The highest BCUT2D eigenvalue weighted by atomic mass is 15.2. The van der Waals surface area contributed by atoms with Gasteiger partial charge in [0.05, 0.1) is 12.1 Å². The fourth-order valence-electron chi connectivity index (χ4n) is 6.14. The van der Waals surface area contributed by atoms with Gasteiger partial charge in [-0.15, -0.1) is 0 Å². The second-order valence-corrected chi connectivity index (χ2v) is 8.08. The molecule has 5 aliphatic rings. The minimum atomic E-state index is 0.217. The Bertz CT molecular complexity index is 369. The Morgan fingerprint density at radius 3 is 2.25 bits per heavy atom. The van der Waals surface area contributed by atoms with E-state index in [2.05, 4.69) is 11.0 Å². The van der Waals surface area contributed by atoms with Crippen LogP contribution in [0.25, 0.3) is 0 Å². The molecule has 1 heterocycles. The summed E-state index contributed by atoms with van der Waals surface area (Å²) in [7, 11) is 0. The van der Waals surface area contributed by atoms with Crippen molar-refractivity contribution >= 4 is 0 Å². The van der Waals surface area contributed by atoms with E-state index in [-0.39, 0.29) is 6.04 Å². The molecule has 0 aromatic carbocycles. The molecule has 20 heavy (non-hydrogen) atoms. The van der Waals surface area contributed by atoms with Gasteiger partial charge in [0.15, 0.2) is 0 Å². The molecule has 4 bridgehead atoms. The summed E-state index contributed by atoms with van der Waals surface area (Å²) < 4.78 is 0. The lowest BCUT2D eigenvalue weighted by atomic mass is 9.52. The summed E-state index contributed by atoms with van der Waals surface area (Å²) in [5.41, 5.74) is 0. The summed E-state index contributed by atoms with van der Waals surface area (Å²) in [4.78, 5) is 2.57. The smallest absolute Gasteiger partial charge is 0.0977 e. The van der Waals surface area contributed by atoms with Crippen LogP contribution in [0.15, 0.2) is 0 Å². The summed E-state index contributed by atoms with van der Waals surface area (Å²) in [6.07, 6.45) is 12.6. The Kier molecular flexibility index (Phi) is 3.50. The van der Waals surface area contributed by atoms with Crippen molar-refractivity contribution in [2.75, 3.05) is 13.1 Å². The van der Waals surface area contributed by atoms with Gasteiger partial charge in [-0.2, -0.15) is 5.26 Å². The molecule has 0 aromatic rings. The monoisotopic (exact) mass is 272 g/mol. The zero-order chi connectivity index (χ0) is 13.5. The van der Waals surface area contributed by atoms with Gasteiger partial charge in [0, 0.05) is 6.54 Å². The van der Waals surface area contributed by atoms with Crippen LogP contribution < -0.4 is 0 Å². The molecule has 0 spiro atoms. The number of hydrogen-bond donors (Lipinski definition) is 0. The van der Waals surface area contributed by atoms with Crippen molar-refractivity contribution in [1.82, 2.24) is 4.90 Å². The fourth-order valence-corrected chi connectivity index (χ4v) is 6.14. The Morgan fingerprint density at radius 1 is 0.900 bits per heavy atom. The van der Waals surface area contributed by atoms with Crippen molar-refractivity contribution in [3.63, 3.8) is 0 Å². The summed E-state index contributed by atoms with van der Waals surface area (Å²) in [5.74, 6) is 5.09. The van der Waals surface area contributed by atoms with Gasteiger partial charge in [0.2, 0.25) is 0 Å². The average Bonchev–Trinajstić information content (AvgIpc) is 2.66. The zero-order valence-corrected chi connectivity index (χ0v) is 12.6. The maximum absolute atomic E-state index is 9.48. The van der Waals surface area contributed by atoms with E-state index < -0.39 is 0 Å². The predicted octanol–water partition coefficient (Wildman–Crippen LogP) is 3.83. The Labute approximate surface area is 123 Å². The Hall–Kier alpha value is -0.550. The summed E-state index contributed by atoms with van der Waals surface area (Å²) >= 11 is 0. The molecule has 5 rings (SSSR count). The first-order valence-electron chi connectivity index (χ1n) is 8.97. The second kappa shape index (κ2) is 5.34. The van der Waals surface area contributed by atoms with Gasteiger partial charge >= 0.3 is 0 Å². The van der Waals surface area contributed by atoms with E-state index in [4.69, 9.17) is 0 Å². The third kappa shape index (κ3) is 2.29. The van der Waals surface area contributed by atoms with E-state index >= 15 is 0 Å². The summed E-state index contributed by atoms with van der Waals surface area (Å²) in [6, 6.07) is 2.81. The lowest BCUT2D eigenvalue weighted by Gasteiger charge is -2.55. The predicted molar refractivity (Wildman–Crippen MR) is 80.0 cm³/mol. The van der Waals surface area contributed by atoms with Gasteiger partial charge in [0.25, 0.3) is 0 Å². The fraction of sp³-hybridized carbons (Fsp3) is 0.944. The molecule has 1 saturated heterocycles. The first kappa shape index (κ1) is 13.1. The van der Waals surface area contributed by atoms with E-state index in [1.54, 1.807) is 6.42 Å². The zero-order valence-electron chi connectivity index (χ0n) is 12.6. The van der Waals surface area contributed by atoms with Crippen LogP contribution in [0.3, 0.4) is 0 Å². The third-order valence-corrected chi connectivity index (χ3v) is 6.88. The lowest BCUT2D eigenvalue weighted by Crippen LogP contribution is -2.50. The highest BCUT2D eigenvalue weighted by Crippen LogP contribution is 2.56. The van der Waals surface area contributed by atoms with Crippen molar-refractivity contribution in [3.8, 4) is 6.07 Å². The maximum atomic E-state index is 9.48. The standard InChI is InChI=1S/C18H28N2/c19-11-17-4-2-1-3-5-20(17)12-18-15-7-13-6-14(9-15)10-16(18)8-13/h13-18H,1-10,12H2. The van der Waals surface area contributed by atoms with Gasteiger partial charge < -0.3 is 0 Å². The highest BCUT2D eigenvalue weighted by Gasteiger charge is 2.48. The molecule has 0 radical (unpaired) electrons. The number of likely N-dealkylation sites (tertiary alicyclic amines) is 1. The van der Waals surface area contributed by atoms with Crippen LogP contribution in [0, 0.1) is 40.9 Å². The minimum absolute atomic E-state index is 0.217.